The first-order valence-electron chi connectivity index (χ1n) is 2.96. The molecule has 0 atom stereocenters. The van der Waals surface area contributed by atoms with Gasteiger partial charge in [0.05, 0.1) is 0 Å². The third-order valence-corrected chi connectivity index (χ3v) is 1.46. The van der Waals surface area contributed by atoms with Crippen molar-refractivity contribution in [3.8, 4) is 5.88 Å². The Hall–Kier alpha value is -1.29. The van der Waals surface area contributed by atoms with Gasteiger partial charge in [-0.2, -0.15) is 10.1 Å². The summed E-state index contributed by atoms with van der Waals surface area (Å²) >= 11 is 5.58. The van der Waals surface area contributed by atoms with Crippen LogP contribution < -0.4 is 0 Å². The van der Waals surface area contributed by atoms with Crippen LogP contribution in [0.5, 0.6) is 5.88 Å². The van der Waals surface area contributed by atoms with Gasteiger partial charge in [0.15, 0.2) is 10.8 Å². The first-order chi connectivity index (χ1) is 5.25. The van der Waals surface area contributed by atoms with E-state index in [4.69, 9.17) is 16.7 Å². The second-order valence-electron chi connectivity index (χ2n) is 2.06. The molecule has 0 unspecified atom stereocenters. The minimum Gasteiger partial charge on any atom is -0.493 e. The molecule has 0 aliphatic rings. The van der Waals surface area contributed by atoms with Gasteiger partial charge >= 0.3 is 0 Å². The number of hydrogen-bond acceptors (Lipinski definition) is 3. The van der Waals surface area contributed by atoms with E-state index in [1.54, 1.807) is 12.3 Å². The number of rotatable bonds is 0. The molecule has 0 fully saturated rings. The van der Waals surface area contributed by atoms with E-state index in [1.165, 1.54) is 10.6 Å². The van der Waals surface area contributed by atoms with Crippen molar-refractivity contribution >= 4 is 17.2 Å². The molecule has 2 aromatic rings. The molecule has 1 N–H and O–H groups in total. The monoisotopic (exact) mass is 169 g/mol. The standard InChI is InChI=1S/C6H4ClN3O/c7-4-3-5-8-6(11)1-2-10(5)9-4/h1-3H,(H,8,11). The number of aromatic nitrogens is 3. The first-order valence-corrected chi connectivity index (χ1v) is 3.34. The minimum absolute atomic E-state index is 0.0333. The molecule has 0 aliphatic carbocycles. The largest absolute Gasteiger partial charge is 0.493 e. The molecule has 5 heteroatoms. The van der Waals surface area contributed by atoms with Gasteiger partial charge in [-0.1, -0.05) is 11.6 Å². The Morgan fingerprint density at radius 2 is 2.36 bits per heavy atom. The summed E-state index contributed by atoms with van der Waals surface area (Å²) in [6, 6.07) is 3.01. The quantitative estimate of drug-likeness (QED) is 0.642. The maximum atomic E-state index is 8.94. The highest BCUT2D eigenvalue weighted by molar-refractivity contribution is 6.29. The fourth-order valence-corrected chi connectivity index (χ4v) is 1.02. The average molecular weight is 170 g/mol. The number of halogens is 1. The van der Waals surface area contributed by atoms with Crippen LogP contribution in [-0.4, -0.2) is 19.7 Å². The minimum atomic E-state index is -0.0333. The predicted molar refractivity (Wildman–Crippen MR) is 39.7 cm³/mol. The van der Waals surface area contributed by atoms with E-state index < -0.39 is 0 Å². The summed E-state index contributed by atoms with van der Waals surface area (Å²) < 4.78 is 1.49. The number of nitrogens with zero attached hydrogens (tertiary/aromatic N) is 3. The molecular weight excluding hydrogens is 166 g/mol. The van der Waals surface area contributed by atoms with Crippen molar-refractivity contribution in [2.45, 2.75) is 0 Å². The van der Waals surface area contributed by atoms with Gasteiger partial charge in [0, 0.05) is 18.3 Å². The van der Waals surface area contributed by atoms with Crippen molar-refractivity contribution in [2.24, 2.45) is 0 Å². The molecule has 4 nitrogen and oxygen atoms in total. The SMILES string of the molecule is Oc1ccn2nc(Cl)cc2n1. The van der Waals surface area contributed by atoms with E-state index in [0.717, 1.165) is 0 Å². The third kappa shape index (κ3) is 1.01. The normalized spacial score (nSPS) is 10.6. The Morgan fingerprint density at radius 1 is 1.55 bits per heavy atom. The van der Waals surface area contributed by atoms with Gasteiger partial charge in [-0.15, -0.1) is 0 Å². The topological polar surface area (TPSA) is 50.4 Å². The smallest absolute Gasteiger partial charge is 0.214 e. The summed E-state index contributed by atoms with van der Waals surface area (Å²) in [5.41, 5.74) is 0.537. The maximum absolute atomic E-state index is 8.94. The molecule has 2 heterocycles. The zero-order valence-corrected chi connectivity index (χ0v) is 6.15. The van der Waals surface area contributed by atoms with Gasteiger partial charge in [-0.25, -0.2) is 4.52 Å². The van der Waals surface area contributed by atoms with E-state index in [1.807, 2.05) is 0 Å². The third-order valence-electron chi connectivity index (χ3n) is 1.28. The van der Waals surface area contributed by atoms with E-state index in [9.17, 15) is 0 Å². The lowest BCUT2D eigenvalue weighted by atomic mass is 10.6. The summed E-state index contributed by atoms with van der Waals surface area (Å²) in [5, 5.41) is 13.2. The summed E-state index contributed by atoms with van der Waals surface area (Å²) in [5.74, 6) is -0.0333. The molecule has 0 radical (unpaired) electrons. The molecule has 2 rings (SSSR count). The summed E-state index contributed by atoms with van der Waals surface area (Å²) in [6.07, 6.45) is 1.59. The Labute approximate surface area is 67.1 Å². The molecule has 56 valence electrons. The van der Waals surface area contributed by atoms with Crippen LogP contribution >= 0.6 is 11.6 Å². The molecule has 0 saturated heterocycles. The molecule has 0 amide bonds. The molecule has 0 bridgehead atoms. The highest BCUT2D eigenvalue weighted by Crippen LogP contribution is 2.11. The summed E-state index contributed by atoms with van der Waals surface area (Å²) in [7, 11) is 0. The molecule has 0 spiro atoms. The van der Waals surface area contributed by atoms with Gasteiger partial charge in [-0.3, -0.25) is 0 Å². The summed E-state index contributed by atoms with van der Waals surface area (Å²) in [4.78, 5) is 3.77. The Kier molecular flexibility index (Phi) is 1.22. The molecule has 11 heavy (non-hydrogen) atoms. The van der Waals surface area contributed by atoms with Crippen LogP contribution in [-0.2, 0) is 0 Å². The van der Waals surface area contributed by atoms with Crippen molar-refractivity contribution in [3.63, 3.8) is 0 Å². The zero-order chi connectivity index (χ0) is 7.84. The molecular formula is C6H4ClN3O. The van der Waals surface area contributed by atoms with E-state index >= 15 is 0 Å². The van der Waals surface area contributed by atoms with Gasteiger partial charge < -0.3 is 5.11 Å². The first kappa shape index (κ1) is 6.42. The lowest BCUT2D eigenvalue weighted by Gasteiger charge is -1.90. The molecule has 2 aromatic heterocycles. The van der Waals surface area contributed by atoms with Gasteiger partial charge in [0.1, 0.15) is 0 Å². The maximum Gasteiger partial charge on any atom is 0.214 e. The highest BCUT2D eigenvalue weighted by Gasteiger charge is 1.99. The zero-order valence-electron chi connectivity index (χ0n) is 5.40. The van der Waals surface area contributed by atoms with Gasteiger partial charge in [0.25, 0.3) is 0 Å². The van der Waals surface area contributed by atoms with Crippen LogP contribution in [0.15, 0.2) is 18.3 Å². The second kappa shape index (κ2) is 2.10. The molecule has 0 aliphatic heterocycles. The van der Waals surface area contributed by atoms with Crippen molar-refractivity contribution < 1.29 is 5.11 Å². The van der Waals surface area contributed by atoms with Gasteiger partial charge in [0.2, 0.25) is 5.88 Å². The van der Waals surface area contributed by atoms with Crippen molar-refractivity contribution in [1.29, 1.82) is 0 Å². The van der Waals surface area contributed by atoms with Gasteiger partial charge in [-0.05, 0) is 0 Å². The van der Waals surface area contributed by atoms with Crippen LogP contribution in [0.1, 0.15) is 0 Å². The van der Waals surface area contributed by atoms with Crippen LogP contribution in [0.2, 0.25) is 5.15 Å². The van der Waals surface area contributed by atoms with Crippen molar-refractivity contribution in [2.75, 3.05) is 0 Å². The summed E-state index contributed by atoms with van der Waals surface area (Å²) in [6.45, 7) is 0. The average Bonchev–Trinajstić information content (AvgIpc) is 2.27. The Bertz CT molecular complexity index is 398. The van der Waals surface area contributed by atoms with Crippen LogP contribution in [0.4, 0.5) is 0 Å². The molecule has 0 aromatic carbocycles. The lowest BCUT2D eigenvalue weighted by Crippen LogP contribution is -1.87. The number of aromatic hydroxyl groups is 1. The van der Waals surface area contributed by atoms with E-state index in [0.29, 0.717) is 10.8 Å². The Morgan fingerprint density at radius 3 is 3.18 bits per heavy atom. The van der Waals surface area contributed by atoms with Crippen LogP contribution in [0.25, 0.3) is 5.65 Å². The fourth-order valence-electron chi connectivity index (χ4n) is 0.841. The van der Waals surface area contributed by atoms with E-state index in [-0.39, 0.29) is 5.88 Å². The fraction of sp³-hybridized carbons (Fsp3) is 0. The van der Waals surface area contributed by atoms with Crippen LogP contribution in [0, 0.1) is 0 Å². The van der Waals surface area contributed by atoms with Crippen LogP contribution in [0.3, 0.4) is 0 Å². The second-order valence-corrected chi connectivity index (χ2v) is 2.44. The number of hydrogen-bond donors (Lipinski definition) is 1. The van der Waals surface area contributed by atoms with Crippen molar-refractivity contribution in [1.82, 2.24) is 14.6 Å². The van der Waals surface area contributed by atoms with Crippen molar-refractivity contribution in [3.05, 3.63) is 23.5 Å². The molecule has 0 saturated carbocycles. The highest BCUT2D eigenvalue weighted by atomic mass is 35.5. The lowest BCUT2D eigenvalue weighted by molar-refractivity contribution is 0.453. The Balaban J connectivity index is 2.82. The predicted octanol–water partition coefficient (Wildman–Crippen LogP) is 1.09. The van der Waals surface area contributed by atoms with E-state index in [2.05, 4.69) is 10.1 Å². The number of fused-ring (bicyclic) bond motifs is 1.